The zero-order valence-electron chi connectivity index (χ0n) is 17.7. The molecule has 156 valence electrons. The topological polar surface area (TPSA) is 33.2 Å². The minimum Gasteiger partial charge on any atom is -0.292 e. The molecule has 0 bridgehead atoms. The molecule has 2 heterocycles. The monoisotopic (exact) mass is 420 g/mol. The van der Waals surface area contributed by atoms with Crippen molar-refractivity contribution in [2.45, 2.75) is 39.2 Å². The summed E-state index contributed by atoms with van der Waals surface area (Å²) in [6, 6.07) is 17.1. The number of likely N-dealkylation sites (tertiary alicyclic amines) is 1. The van der Waals surface area contributed by atoms with Crippen LogP contribution in [0.25, 0.3) is 10.9 Å². The lowest BCUT2D eigenvalue weighted by atomic mass is 9.82. The SMILES string of the molecule is CCC(C)C1CCN(C(C(=O)c2ccc(Cl)cc2)c2ccnc3ccccc23)CC1. The second-order valence-corrected chi connectivity index (χ2v) is 8.89. The van der Waals surface area contributed by atoms with Crippen LogP contribution in [0.3, 0.4) is 0 Å². The van der Waals surface area contributed by atoms with Gasteiger partial charge in [-0.25, -0.2) is 0 Å². The second-order valence-electron chi connectivity index (χ2n) is 8.45. The van der Waals surface area contributed by atoms with E-state index in [2.05, 4.69) is 29.8 Å². The van der Waals surface area contributed by atoms with Gasteiger partial charge in [0.2, 0.25) is 0 Å². The van der Waals surface area contributed by atoms with Gasteiger partial charge < -0.3 is 0 Å². The number of aromatic nitrogens is 1. The summed E-state index contributed by atoms with van der Waals surface area (Å²) in [7, 11) is 0. The summed E-state index contributed by atoms with van der Waals surface area (Å²) in [6.07, 6.45) is 5.32. The van der Waals surface area contributed by atoms with Crippen molar-refractivity contribution in [3.8, 4) is 0 Å². The standard InChI is InChI=1S/C26H29ClN2O/c1-3-18(2)19-13-16-29(17-14-19)25(26(30)20-8-10-21(27)11-9-20)23-12-15-28-24-7-5-4-6-22(23)24/h4-12,15,18-19,25H,3,13-14,16-17H2,1-2H3. The van der Waals surface area contributed by atoms with Gasteiger partial charge in [-0.05, 0) is 79.7 Å². The molecule has 1 aliphatic heterocycles. The summed E-state index contributed by atoms with van der Waals surface area (Å²) in [5, 5.41) is 1.70. The van der Waals surface area contributed by atoms with Crippen molar-refractivity contribution < 1.29 is 4.79 Å². The van der Waals surface area contributed by atoms with Gasteiger partial charge in [-0.3, -0.25) is 14.7 Å². The van der Waals surface area contributed by atoms with Gasteiger partial charge in [-0.2, -0.15) is 0 Å². The number of Topliss-reactive ketones (excluding diaryl/α,β-unsaturated/α-hetero) is 1. The molecular weight excluding hydrogens is 392 g/mol. The molecule has 3 aromatic rings. The molecule has 3 nitrogen and oxygen atoms in total. The molecule has 0 spiro atoms. The minimum atomic E-state index is -0.308. The summed E-state index contributed by atoms with van der Waals surface area (Å²) in [6.45, 7) is 6.51. The molecule has 2 aromatic carbocycles. The van der Waals surface area contributed by atoms with Crippen LogP contribution in [-0.4, -0.2) is 28.8 Å². The predicted molar refractivity (Wildman–Crippen MR) is 124 cm³/mol. The number of hydrogen-bond acceptors (Lipinski definition) is 3. The largest absolute Gasteiger partial charge is 0.292 e. The van der Waals surface area contributed by atoms with Crippen molar-refractivity contribution in [3.63, 3.8) is 0 Å². The van der Waals surface area contributed by atoms with Crippen LogP contribution >= 0.6 is 11.6 Å². The highest BCUT2D eigenvalue weighted by Gasteiger charge is 2.33. The molecule has 4 heteroatoms. The van der Waals surface area contributed by atoms with Gasteiger partial charge in [0.1, 0.15) is 0 Å². The molecule has 1 aliphatic rings. The van der Waals surface area contributed by atoms with Crippen LogP contribution in [0.1, 0.15) is 55.1 Å². The summed E-state index contributed by atoms with van der Waals surface area (Å²) in [4.78, 5) is 20.7. The van der Waals surface area contributed by atoms with Gasteiger partial charge in [-0.1, -0.05) is 50.1 Å². The number of carbonyl (C=O) groups is 1. The highest BCUT2D eigenvalue weighted by Crippen LogP contribution is 2.35. The van der Waals surface area contributed by atoms with Gasteiger partial charge in [-0.15, -0.1) is 0 Å². The van der Waals surface area contributed by atoms with E-state index in [4.69, 9.17) is 11.6 Å². The summed E-state index contributed by atoms with van der Waals surface area (Å²) in [5.41, 5.74) is 2.68. The van der Waals surface area contributed by atoms with Gasteiger partial charge in [0, 0.05) is 22.2 Å². The number of hydrogen-bond donors (Lipinski definition) is 0. The molecule has 1 saturated heterocycles. The van der Waals surface area contributed by atoms with Crippen LogP contribution in [0.4, 0.5) is 0 Å². The maximum absolute atomic E-state index is 13.8. The molecule has 1 aromatic heterocycles. The van der Waals surface area contributed by atoms with Crippen molar-refractivity contribution in [2.75, 3.05) is 13.1 Å². The van der Waals surface area contributed by atoms with E-state index in [1.54, 1.807) is 12.1 Å². The molecular formula is C26H29ClN2O. The number of para-hydroxylation sites is 1. The molecule has 30 heavy (non-hydrogen) atoms. The Bertz CT molecular complexity index is 1000. The van der Waals surface area contributed by atoms with Crippen molar-refractivity contribution in [2.24, 2.45) is 11.8 Å². The van der Waals surface area contributed by atoms with Crippen LogP contribution < -0.4 is 0 Å². The van der Waals surface area contributed by atoms with Crippen LogP contribution in [0.5, 0.6) is 0 Å². The van der Waals surface area contributed by atoms with Crippen LogP contribution in [-0.2, 0) is 0 Å². The summed E-state index contributed by atoms with van der Waals surface area (Å²) in [5.74, 6) is 1.61. The Morgan fingerprint density at radius 2 is 1.80 bits per heavy atom. The fraction of sp³-hybridized carbons (Fsp3) is 0.385. The first-order valence-corrected chi connectivity index (χ1v) is 11.3. The Labute approximate surface area is 184 Å². The Morgan fingerprint density at radius 1 is 1.10 bits per heavy atom. The maximum Gasteiger partial charge on any atom is 0.184 e. The first-order chi connectivity index (χ1) is 14.6. The van der Waals surface area contributed by atoms with Gasteiger partial charge in [0.25, 0.3) is 0 Å². The van der Waals surface area contributed by atoms with Crippen LogP contribution in [0, 0.1) is 11.8 Å². The van der Waals surface area contributed by atoms with E-state index in [0.717, 1.165) is 54.2 Å². The highest BCUT2D eigenvalue weighted by atomic mass is 35.5. The zero-order valence-corrected chi connectivity index (χ0v) is 18.5. The molecule has 0 amide bonds. The maximum atomic E-state index is 13.8. The number of halogens is 1. The van der Waals surface area contributed by atoms with Gasteiger partial charge in [0.15, 0.2) is 5.78 Å². The average Bonchev–Trinajstić information content (AvgIpc) is 2.79. The molecule has 1 fully saturated rings. The third-order valence-corrected chi connectivity index (χ3v) is 6.99. The summed E-state index contributed by atoms with van der Waals surface area (Å²) >= 11 is 6.07. The van der Waals surface area contributed by atoms with E-state index in [1.807, 2.05) is 42.6 Å². The molecule has 0 aliphatic carbocycles. The smallest absolute Gasteiger partial charge is 0.184 e. The number of ketones is 1. The third kappa shape index (κ3) is 4.28. The number of rotatable bonds is 6. The average molecular weight is 421 g/mol. The lowest BCUT2D eigenvalue weighted by molar-refractivity contribution is 0.0703. The lowest BCUT2D eigenvalue weighted by Gasteiger charge is -2.39. The Balaban J connectivity index is 1.72. The number of piperidine rings is 1. The van der Waals surface area contributed by atoms with Crippen molar-refractivity contribution >= 4 is 28.3 Å². The quantitative estimate of drug-likeness (QED) is 0.423. The molecule has 2 unspecified atom stereocenters. The fourth-order valence-corrected chi connectivity index (χ4v) is 4.84. The molecule has 2 atom stereocenters. The lowest BCUT2D eigenvalue weighted by Crippen LogP contribution is -2.41. The number of pyridine rings is 1. The Hall–Kier alpha value is -2.23. The van der Waals surface area contributed by atoms with E-state index >= 15 is 0 Å². The summed E-state index contributed by atoms with van der Waals surface area (Å²) < 4.78 is 0. The van der Waals surface area contributed by atoms with Crippen molar-refractivity contribution in [1.29, 1.82) is 0 Å². The van der Waals surface area contributed by atoms with Crippen molar-refractivity contribution in [3.05, 3.63) is 76.9 Å². The Morgan fingerprint density at radius 3 is 2.50 bits per heavy atom. The van der Waals surface area contributed by atoms with Crippen LogP contribution in [0.15, 0.2) is 60.8 Å². The first-order valence-electron chi connectivity index (χ1n) is 11.0. The molecule has 0 N–H and O–H groups in total. The molecule has 0 radical (unpaired) electrons. The second kappa shape index (κ2) is 9.28. The van der Waals surface area contributed by atoms with E-state index in [1.165, 1.54) is 6.42 Å². The molecule has 4 rings (SSSR count). The normalized spacial score (nSPS) is 17.7. The van der Waals surface area contributed by atoms with E-state index in [0.29, 0.717) is 10.6 Å². The fourth-order valence-electron chi connectivity index (χ4n) is 4.71. The van der Waals surface area contributed by atoms with Gasteiger partial charge in [0.05, 0.1) is 11.6 Å². The number of nitrogens with zero attached hydrogens (tertiary/aromatic N) is 2. The van der Waals surface area contributed by atoms with Crippen molar-refractivity contribution in [1.82, 2.24) is 9.88 Å². The number of carbonyl (C=O) groups excluding carboxylic acids is 1. The highest BCUT2D eigenvalue weighted by molar-refractivity contribution is 6.30. The zero-order chi connectivity index (χ0) is 21.1. The minimum absolute atomic E-state index is 0.130. The predicted octanol–water partition coefficient (Wildman–Crippen LogP) is 6.57. The number of fused-ring (bicyclic) bond motifs is 1. The van der Waals surface area contributed by atoms with E-state index in [-0.39, 0.29) is 11.8 Å². The van der Waals surface area contributed by atoms with E-state index in [9.17, 15) is 4.79 Å². The van der Waals surface area contributed by atoms with Crippen LogP contribution in [0.2, 0.25) is 5.02 Å². The van der Waals surface area contributed by atoms with Gasteiger partial charge >= 0.3 is 0 Å². The van der Waals surface area contributed by atoms with E-state index < -0.39 is 0 Å². The molecule has 0 saturated carbocycles. The number of benzene rings is 2. The third-order valence-electron chi connectivity index (χ3n) is 6.74. The Kier molecular flexibility index (Phi) is 6.50. The first kappa shape index (κ1) is 21.0.